The molecule has 2 aromatic carbocycles. The highest BCUT2D eigenvalue weighted by Gasteiger charge is 2.28. The molecule has 9 rings (SSSR count). The van der Waals surface area contributed by atoms with Crippen molar-refractivity contribution in [2.45, 2.75) is 142 Å². The lowest BCUT2D eigenvalue weighted by Gasteiger charge is -2.12. The van der Waals surface area contributed by atoms with Crippen molar-refractivity contribution in [1.29, 1.82) is 0 Å². The number of rotatable bonds is 30. The van der Waals surface area contributed by atoms with Gasteiger partial charge < -0.3 is 9.47 Å². The summed E-state index contributed by atoms with van der Waals surface area (Å²) >= 11 is 17.1. The number of thiophene rings is 5. The van der Waals surface area contributed by atoms with Crippen molar-refractivity contribution in [3.63, 3.8) is 0 Å². The smallest absolute Gasteiger partial charge is 0.181 e. The Labute approximate surface area is 473 Å². The Morgan fingerprint density at radius 3 is 1.11 bits per heavy atom. The van der Waals surface area contributed by atoms with Crippen LogP contribution in [0.2, 0.25) is 0 Å². The molecule has 0 radical (unpaired) electrons. The fourth-order valence-electron chi connectivity index (χ4n) is 9.29. The van der Waals surface area contributed by atoms with Gasteiger partial charge in [0.05, 0.1) is 65.1 Å². The topological polar surface area (TPSA) is 70.0 Å². The van der Waals surface area contributed by atoms with Crippen LogP contribution in [0.5, 0.6) is 11.5 Å². The van der Waals surface area contributed by atoms with E-state index in [9.17, 15) is 0 Å². The zero-order chi connectivity index (χ0) is 50.5. The van der Waals surface area contributed by atoms with Crippen LogP contribution in [0.4, 0.5) is 8.78 Å². The minimum atomic E-state index is -0.325. The highest BCUT2D eigenvalue weighted by Crippen LogP contribution is 2.57. The molecule has 7 heterocycles. The standard InChI is InChI=1S/C56H60Br2F2N4O2S7/c1-3-5-7-9-11-13-15-17-19-21-31-65-53-54(66-32-22-20-18-16-14-12-10-8-6-4-2)56(44-26-24-40(68-44)36-34-38(60)48(42-28-30-46(58)70-42)52-50(36)62-73-64-52)71-55(53)43-25-23-39(67-43)35-33-37(59)47(41-27-29-45(57)69-41)51-49(35)61-72-63-51/h23-30,33-34H,3-22,31-32H2,1-2H3. The number of fused-ring (bicyclic) bond motifs is 2. The van der Waals surface area contributed by atoms with Gasteiger partial charge in [0.2, 0.25) is 0 Å². The van der Waals surface area contributed by atoms with Crippen molar-refractivity contribution < 1.29 is 18.3 Å². The van der Waals surface area contributed by atoms with Crippen LogP contribution in [-0.2, 0) is 0 Å². The third-order valence-electron chi connectivity index (χ3n) is 13.1. The van der Waals surface area contributed by atoms with Crippen molar-refractivity contribution in [3.8, 4) is 72.8 Å². The van der Waals surface area contributed by atoms with E-state index in [1.54, 1.807) is 46.1 Å². The normalized spacial score (nSPS) is 11.8. The molecule has 0 aliphatic heterocycles. The van der Waals surface area contributed by atoms with Crippen LogP contribution in [0.1, 0.15) is 142 Å². The van der Waals surface area contributed by atoms with Crippen LogP contribution in [0, 0.1) is 11.6 Å². The fourth-order valence-corrected chi connectivity index (χ4v) is 16.7. The van der Waals surface area contributed by atoms with Gasteiger partial charge in [0.15, 0.2) is 11.5 Å². The van der Waals surface area contributed by atoms with Gasteiger partial charge in [-0.05, 0) is 105 Å². The number of ether oxygens (including phenoxy) is 2. The van der Waals surface area contributed by atoms with Crippen molar-refractivity contribution in [2.24, 2.45) is 0 Å². The second-order valence-corrected chi connectivity index (χ2v) is 27.7. The van der Waals surface area contributed by atoms with Crippen LogP contribution >= 0.6 is 112 Å². The molecule has 17 heteroatoms. The molecule has 0 saturated carbocycles. The van der Waals surface area contributed by atoms with Crippen molar-refractivity contribution in [3.05, 3.63) is 79.9 Å². The van der Waals surface area contributed by atoms with E-state index in [2.05, 4.69) is 78.7 Å². The molecule has 0 aliphatic rings. The number of hydrogen-bond acceptors (Lipinski definition) is 13. The average molecular weight is 1240 g/mol. The van der Waals surface area contributed by atoms with Gasteiger partial charge in [-0.25, -0.2) is 8.78 Å². The van der Waals surface area contributed by atoms with Gasteiger partial charge in [-0.1, -0.05) is 129 Å². The van der Waals surface area contributed by atoms with E-state index in [-0.39, 0.29) is 11.6 Å². The maximum absolute atomic E-state index is 16.3. The number of nitrogens with zero attached hydrogens (tertiary/aromatic N) is 4. The first-order valence-corrected chi connectivity index (χ1v) is 33.0. The van der Waals surface area contributed by atoms with Gasteiger partial charge in [0, 0.05) is 40.4 Å². The van der Waals surface area contributed by atoms with E-state index in [1.165, 1.54) is 125 Å². The third-order valence-corrected chi connectivity index (χ3v) is 21.2. The summed E-state index contributed by atoms with van der Waals surface area (Å²) in [6, 6.07) is 19.3. The molecular formula is C56H60Br2F2N4O2S7. The minimum Gasteiger partial charge on any atom is -0.488 e. The first-order valence-electron chi connectivity index (χ1n) is 25.9. The molecule has 0 amide bonds. The van der Waals surface area contributed by atoms with Crippen LogP contribution in [-0.4, -0.2) is 30.7 Å². The average Bonchev–Trinajstić information content (AvgIpc) is 4.25. The third kappa shape index (κ3) is 13.6. The fraction of sp³-hybridized carbons (Fsp3) is 0.429. The van der Waals surface area contributed by atoms with Crippen molar-refractivity contribution in [2.75, 3.05) is 13.2 Å². The Morgan fingerprint density at radius 2 is 0.740 bits per heavy atom. The summed E-state index contributed by atoms with van der Waals surface area (Å²) in [5, 5.41) is 0. The summed E-state index contributed by atoms with van der Waals surface area (Å²) in [5.41, 5.74) is 4.90. The highest BCUT2D eigenvalue weighted by atomic mass is 79.9. The van der Waals surface area contributed by atoms with Crippen LogP contribution in [0.25, 0.3) is 83.3 Å². The predicted octanol–water partition coefficient (Wildman–Crippen LogP) is 22.4. The van der Waals surface area contributed by atoms with E-state index in [0.29, 0.717) is 46.4 Å². The maximum atomic E-state index is 16.3. The monoisotopic (exact) mass is 1240 g/mol. The predicted molar refractivity (Wildman–Crippen MR) is 320 cm³/mol. The van der Waals surface area contributed by atoms with Crippen molar-refractivity contribution in [1.82, 2.24) is 17.5 Å². The Hall–Kier alpha value is -3.00. The largest absolute Gasteiger partial charge is 0.488 e. The first-order chi connectivity index (χ1) is 35.8. The molecule has 0 fully saturated rings. The number of hydrogen-bond donors (Lipinski definition) is 0. The number of halogens is 4. The molecule has 0 saturated heterocycles. The molecule has 6 nitrogen and oxygen atoms in total. The van der Waals surface area contributed by atoms with Gasteiger partial charge in [-0.2, -0.15) is 17.5 Å². The Morgan fingerprint density at radius 1 is 0.397 bits per heavy atom. The number of benzene rings is 2. The quantitative estimate of drug-likeness (QED) is 0.0418. The lowest BCUT2D eigenvalue weighted by atomic mass is 10.1. The Bertz CT molecular complexity index is 2980. The Balaban J connectivity index is 1.04. The molecule has 0 spiro atoms. The van der Waals surface area contributed by atoms with Gasteiger partial charge in [-0.15, -0.1) is 56.7 Å². The molecule has 0 aliphatic carbocycles. The lowest BCUT2D eigenvalue weighted by Crippen LogP contribution is -2.02. The maximum Gasteiger partial charge on any atom is 0.181 e. The summed E-state index contributed by atoms with van der Waals surface area (Å²) in [6.07, 6.45) is 24.8. The Kier molecular flexibility index (Phi) is 20.5. The molecule has 73 heavy (non-hydrogen) atoms. The first kappa shape index (κ1) is 54.8. The summed E-state index contributed by atoms with van der Waals surface area (Å²) in [4.78, 5) is 7.36. The number of unbranched alkanes of at least 4 members (excludes halogenated alkanes) is 18. The number of aromatic nitrogens is 4. The molecule has 9 aromatic rings. The molecular weight excluding hydrogens is 1180 g/mol. The van der Waals surface area contributed by atoms with Crippen molar-refractivity contribution >= 4 is 134 Å². The van der Waals surface area contributed by atoms with E-state index in [0.717, 1.165) is 118 Å². The molecule has 0 unspecified atom stereocenters. The molecule has 0 atom stereocenters. The van der Waals surface area contributed by atoms with Gasteiger partial charge >= 0.3 is 0 Å². The van der Waals surface area contributed by atoms with E-state index < -0.39 is 0 Å². The van der Waals surface area contributed by atoms with Gasteiger partial charge in [0.1, 0.15) is 33.7 Å². The zero-order valence-corrected chi connectivity index (χ0v) is 50.2. The second kappa shape index (κ2) is 27.4. The van der Waals surface area contributed by atoms with Crippen LogP contribution in [0.3, 0.4) is 0 Å². The second-order valence-electron chi connectivity index (χ2n) is 18.5. The van der Waals surface area contributed by atoms with Gasteiger partial charge in [0.25, 0.3) is 0 Å². The van der Waals surface area contributed by atoms with E-state index >= 15 is 8.78 Å². The summed E-state index contributed by atoms with van der Waals surface area (Å²) in [6.45, 7) is 5.68. The zero-order valence-electron chi connectivity index (χ0n) is 41.3. The molecule has 0 bridgehead atoms. The van der Waals surface area contributed by atoms with E-state index in [4.69, 9.17) is 18.2 Å². The van der Waals surface area contributed by atoms with E-state index in [1.807, 2.05) is 24.3 Å². The molecule has 386 valence electrons. The molecule has 7 aromatic heterocycles. The minimum absolute atomic E-state index is 0.325. The lowest BCUT2D eigenvalue weighted by molar-refractivity contribution is 0.262. The summed E-state index contributed by atoms with van der Waals surface area (Å²) in [5.74, 6) is 0.851. The van der Waals surface area contributed by atoms with Crippen LogP contribution < -0.4 is 9.47 Å². The molecule has 0 N–H and O–H groups in total. The summed E-state index contributed by atoms with van der Waals surface area (Å²) in [7, 11) is 0. The SMILES string of the molecule is CCCCCCCCCCCCOc1c(-c2ccc(-c3cc(F)c(-c4ccc(Br)s4)c4nsnc34)s2)sc(-c2ccc(-c3cc(F)c(-c4ccc(Br)s4)c4nsnc34)s2)c1OCCCCCCCCCCCC. The van der Waals surface area contributed by atoms with Gasteiger partial charge in [-0.3, -0.25) is 0 Å². The summed E-state index contributed by atoms with van der Waals surface area (Å²) < 4.78 is 67.0. The highest BCUT2D eigenvalue weighted by molar-refractivity contribution is 9.11. The van der Waals surface area contributed by atoms with Crippen LogP contribution in [0.15, 0.2) is 68.2 Å².